The van der Waals surface area contributed by atoms with Crippen molar-refractivity contribution in [1.29, 1.82) is 0 Å². The Kier molecular flexibility index (Phi) is 6.36. The molecule has 6 heteroatoms. The Hall–Kier alpha value is -1.92. The average Bonchev–Trinajstić information content (AvgIpc) is 2.55. The second kappa shape index (κ2) is 8.51. The van der Waals surface area contributed by atoms with Gasteiger partial charge in [0.1, 0.15) is 6.61 Å². The van der Waals surface area contributed by atoms with E-state index in [0.29, 0.717) is 13.2 Å². The first-order chi connectivity index (χ1) is 10.6. The summed E-state index contributed by atoms with van der Waals surface area (Å²) in [5.74, 6) is -0.790. The van der Waals surface area contributed by atoms with Crippen LogP contribution in [-0.4, -0.2) is 37.2 Å². The molecule has 0 saturated carbocycles. The van der Waals surface area contributed by atoms with Gasteiger partial charge in [0.05, 0.1) is 12.5 Å². The van der Waals surface area contributed by atoms with Gasteiger partial charge >= 0.3 is 5.97 Å². The van der Waals surface area contributed by atoms with Crippen molar-refractivity contribution in [3.8, 4) is 0 Å². The van der Waals surface area contributed by atoms with Crippen molar-refractivity contribution >= 4 is 11.9 Å². The highest BCUT2D eigenvalue weighted by Crippen LogP contribution is 2.07. The maximum absolute atomic E-state index is 11.9. The number of hydrogen-bond donors (Lipinski definition) is 2. The predicted molar refractivity (Wildman–Crippen MR) is 80.8 cm³/mol. The minimum absolute atomic E-state index is 0.0765. The van der Waals surface area contributed by atoms with Crippen molar-refractivity contribution in [2.45, 2.75) is 38.0 Å². The zero-order valence-corrected chi connectivity index (χ0v) is 12.5. The van der Waals surface area contributed by atoms with E-state index in [1.165, 1.54) is 0 Å². The first-order valence-corrected chi connectivity index (χ1v) is 7.48. The zero-order valence-electron chi connectivity index (χ0n) is 12.5. The van der Waals surface area contributed by atoms with Gasteiger partial charge in [0.2, 0.25) is 5.91 Å². The fourth-order valence-electron chi connectivity index (χ4n) is 2.22. The third-order valence-electron chi connectivity index (χ3n) is 3.53. The summed E-state index contributed by atoms with van der Waals surface area (Å²) in [5.41, 5.74) is 6.66. The van der Waals surface area contributed by atoms with Crippen molar-refractivity contribution in [3.63, 3.8) is 0 Å². The van der Waals surface area contributed by atoms with Gasteiger partial charge in [-0.1, -0.05) is 30.3 Å². The SMILES string of the molecule is NC(CC(=O)OCc1ccccc1)C(=O)NC1CCOCC1. The Morgan fingerprint density at radius 3 is 2.64 bits per heavy atom. The van der Waals surface area contributed by atoms with Gasteiger partial charge in [-0.25, -0.2) is 0 Å². The normalized spacial score (nSPS) is 16.8. The summed E-state index contributed by atoms with van der Waals surface area (Å²) in [7, 11) is 0. The molecule has 0 aromatic heterocycles. The molecule has 2 rings (SSSR count). The van der Waals surface area contributed by atoms with Crippen LogP contribution in [0, 0.1) is 0 Å². The zero-order chi connectivity index (χ0) is 15.8. The Bertz CT molecular complexity index is 486. The van der Waals surface area contributed by atoms with Crippen LogP contribution in [0.3, 0.4) is 0 Å². The van der Waals surface area contributed by atoms with Gasteiger partial charge in [-0.2, -0.15) is 0 Å². The highest BCUT2D eigenvalue weighted by molar-refractivity contribution is 5.86. The number of amides is 1. The molecule has 1 aliphatic rings. The average molecular weight is 306 g/mol. The van der Waals surface area contributed by atoms with Crippen molar-refractivity contribution in [3.05, 3.63) is 35.9 Å². The molecule has 1 amide bonds. The third-order valence-corrected chi connectivity index (χ3v) is 3.53. The molecule has 0 spiro atoms. The van der Waals surface area contributed by atoms with Gasteiger partial charge in [0.25, 0.3) is 0 Å². The summed E-state index contributed by atoms with van der Waals surface area (Å²) in [6.45, 7) is 1.46. The fraction of sp³-hybridized carbons (Fsp3) is 0.500. The van der Waals surface area contributed by atoms with Gasteiger partial charge in [0.15, 0.2) is 0 Å². The molecule has 22 heavy (non-hydrogen) atoms. The van der Waals surface area contributed by atoms with Crippen LogP contribution in [-0.2, 0) is 25.7 Å². The van der Waals surface area contributed by atoms with Crippen molar-refractivity contribution < 1.29 is 19.1 Å². The Morgan fingerprint density at radius 1 is 1.27 bits per heavy atom. The maximum atomic E-state index is 11.9. The van der Waals surface area contributed by atoms with E-state index in [2.05, 4.69) is 5.32 Å². The van der Waals surface area contributed by atoms with Crippen LogP contribution in [0.25, 0.3) is 0 Å². The summed E-state index contributed by atoms with van der Waals surface area (Å²) >= 11 is 0. The van der Waals surface area contributed by atoms with Gasteiger partial charge in [-0.05, 0) is 18.4 Å². The van der Waals surface area contributed by atoms with Crippen LogP contribution in [0.2, 0.25) is 0 Å². The highest BCUT2D eigenvalue weighted by Gasteiger charge is 2.22. The number of hydrogen-bond acceptors (Lipinski definition) is 5. The second-order valence-corrected chi connectivity index (χ2v) is 5.35. The standard InChI is InChI=1S/C16H22N2O4/c17-14(16(20)18-13-6-8-21-9-7-13)10-15(19)22-11-12-4-2-1-3-5-12/h1-5,13-14H,6-11,17H2,(H,18,20). The molecule has 120 valence electrons. The minimum atomic E-state index is -0.883. The third kappa shape index (κ3) is 5.46. The summed E-state index contributed by atoms with van der Waals surface area (Å²) < 4.78 is 10.3. The van der Waals surface area contributed by atoms with E-state index in [0.717, 1.165) is 18.4 Å². The number of nitrogens with two attached hydrogens (primary N) is 1. The molecule has 1 aromatic carbocycles. The van der Waals surface area contributed by atoms with E-state index in [9.17, 15) is 9.59 Å². The molecule has 1 heterocycles. The van der Waals surface area contributed by atoms with E-state index in [1.54, 1.807) is 0 Å². The maximum Gasteiger partial charge on any atom is 0.308 e. The molecule has 1 saturated heterocycles. The van der Waals surface area contributed by atoms with Crippen molar-refractivity contribution in [1.82, 2.24) is 5.32 Å². The van der Waals surface area contributed by atoms with Crippen molar-refractivity contribution in [2.75, 3.05) is 13.2 Å². The lowest BCUT2D eigenvalue weighted by Gasteiger charge is -2.24. The highest BCUT2D eigenvalue weighted by atomic mass is 16.5. The van der Waals surface area contributed by atoms with E-state index in [1.807, 2.05) is 30.3 Å². The Labute approximate surface area is 130 Å². The molecule has 1 aromatic rings. The molecule has 0 aliphatic carbocycles. The van der Waals surface area contributed by atoms with Gasteiger partial charge in [-0.3, -0.25) is 9.59 Å². The van der Waals surface area contributed by atoms with E-state index < -0.39 is 12.0 Å². The number of ether oxygens (including phenoxy) is 2. The van der Waals surface area contributed by atoms with Crippen LogP contribution in [0.4, 0.5) is 0 Å². The van der Waals surface area contributed by atoms with Crippen LogP contribution >= 0.6 is 0 Å². The topological polar surface area (TPSA) is 90.7 Å². The van der Waals surface area contributed by atoms with E-state index in [4.69, 9.17) is 15.2 Å². The monoisotopic (exact) mass is 306 g/mol. The largest absolute Gasteiger partial charge is 0.461 e. The van der Waals surface area contributed by atoms with Crippen LogP contribution in [0.15, 0.2) is 30.3 Å². The smallest absolute Gasteiger partial charge is 0.308 e. The quantitative estimate of drug-likeness (QED) is 0.757. The number of rotatable bonds is 6. The predicted octanol–water partition coefficient (Wildman–Crippen LogP) is 0.742. The van der Waals surface area contributed by atoms with E-state index >= 15 is 0 Å². The molecule has 3 N–H and O–H groups in total. The second-order valence-electron chi connectivity index (χ2n) is 5.35. The lowest BCUT2D eigenvalue weighted by atomic mass is 10.1. The number of carbonyl (C=O) groups is 2. The first-order valence-electron chi connectivity index (χ1n) is 7.48. The van der Waals surface area contributed by atoms with Gasteiger partial charge < -0.3 is 20.5 Å². The number of esters is 1. The number of nitrogens with one attached hydrogen (secondary N) is 1. The minimum Gasteiger partial charge on any atom is -0.461 e. The lowest BCUT2D eigenvalue weighted by molar-refractivity contribution is -0.146. The lowest BCUT2D eigenvalue weighted by Crippen LogP contribution is -2.48. The molecular weight excluding hydrogens is 284 g/mol. The molecule has 1 fully saturated rings. The molecule has 0 bridgehead atoms. The summed E-state index contributed by atoms with van der Waals surface area (Å²) in [6, 6.07) is 8.56. The van der Waals surface area contributed by atoms with Crippen molar-refractivity contribution in [2.24, 2.45) is 5.73 Å². The Balaban J connectivity index is 1.69. The molecule has 1 aliphatic heterocycles. The van der Waals surface area contributed by atoms with Crippen LogP contribution in [0.1, 0.15) is 24.8 Å². The van der Waals surface area contributed by atoms with Gasteiger partial charge in [0, 0.05) is 19.3 Å². The summed E-state index contributed by atoms with van der Waals surface area (Å²) in [4.78, 5) is 23.7. The first kappa shape index (κ1) is 16.5. The van der Waals surface area contributed by atoms with E-state index in [-0.39, 0.29) is 25.0 Å². The number of carbonyl (C=O) groups excluding carboxylic acids is 2. The van der Waals surface area contributed by atoms with Gasteiger partial charge in [-0.15, -0.1) is 0 Å². The van der Waals surface area contributed by atoms with Crippen LogP contribution in [0.5, 0.6) is 0 Å². The summed E-state index contributed by atoms with van der Waals surface area (Å²) in [6.07, 6.45) is 1.43. The molecule has 1 unspecified atom stereocenters. The Morgan fingerprint density at radius 2 is 1.95 bits per heavy atom. The van der Waals surface area contributed by atoms with Crippen LogP contribution < -0.4 is 11.1 Å². The molecular formula is C16H22N2O4. The number of benzene rings is 1. The molecule has 1 atom stereocenters. The summed E-state index contributed by atoms with van der Waals surface area (Å²) in [5, 5.41) is 2.85. The molecule has 0 radical (unpaired) electrons. The molecule has 6 nitrogen and oxygen atoms in total. The fourth-order valence-corrected chi connectivity index (χ4v) is 2.22.